The topological polar surface area (TPSA) is 63.0 Å². The molecule has 0 aliphatic carbocycles. The summed E-state index contributed by atoms with van der Waals surface area (Å²) >= 11 is 0. The Kier molecular flexibility index (Phi) is 5.12. The number of fused-ring (bicyclic) bond motifs is 1. The summed E-state index contributed by atoms with van der Waals surface area (Å²) in [6.45, 7) is 3.83. The molecular formula is C25H25FN2O4. The van der Waals surface area contributed by atoms with Crippen LogP contribution in [0, 0.1) is 12.7 Å². The van der Waals surface area contributed by atoms with Gasteiger partial charge in [0, 0.05) is 37.0 Å². The van der Waals surface area contributed by atoms with Gasteiger partial charge in [0.15, 0.2) is 5.76 Å². The zero-order valence-electron chi connectivity index (χ0n) is 18.0. The van der Waals surface area contributed by atoms with Crippen LogP contribution in [0.15, 0.2) is 52.9 Å². The molecule has 2 saturated heterocycles. The van der Waals surface area contributed by atoms with E-state index in [2.05, 4.69) is 0 Å². The van der Waals surface area contributed by atoms with Crippen molar-refractivity contribution >= 4 is 23.0 Å². The Bertz CT molecular complexity index is 1180. The number of hydrogen-bond acceptors (Lipinski definition) is 4. The zero-order chi connectivity index (χ0) is 22.3. The first-order chi connectivity index (χ1) is 15.4. The highest BCUT2D eigenvalue weighted by molar-refractivity contribution is 5.99. The van der Waals surface area contributed by atoms with Gasteiger partial charge in [0.1, 0.15) is 17.0 Å². The number of ether oxygens (including phenoxy) is 1. The maximum atomic E-state index is 13.6. The summed E-state index contributed by atoms with van der Waals surface area (Å²) in [7, 11) is 0. The molecule has 1 aromatic heterocycles. The number of aryl methyl sites for hydroxylation is 1. The molecule has 0 bridgehead atoms. The van der Waals surface area contributed by atoms with Gasteiger partial charge in [0.25, 0.3) is 5.91 Å². The van der Waals surface area contributed by atoms with Crippen molar-refractivity contribution in [3.8, 4) is 0 Å². The summed E-state index contributed by atoms with van der Waals surface area (Å²) in [5.74, 6) is -0.322. The molecule has 0 N–H and O–H groups in total. The third-order valence-electron chi connectivity index (χ3n) is 6.53. The van der Waals surface area contributed by atoms with Crippen LogP contribution in [0.4, 0.5) is 9.18 Å². The van der Waals surface area contributed by atoms with Crippen molar-refractivity contribution in [1.82, 2.24) is 9.80 Å². The first-order valence-electron chi connectivity index (χ1n) is 10.9. The average Bonchev–Trinajstić information content (AvgIpc) is 3.17. The predicted octanol–water partition coefficient (Wildman–Crippen LogP) is 4.90. The number of nitrogens with zero attached hydrogens (tertiary/aromatic N) is 2. The first kappa shape index (κ1) is 20.5. The fourth-order valence-corrected chi connectivity index (χ4v) is 4.79. The van der Waals surface area contributed by atoms with Gasteiger partial charge in [-0.05, 0) is 43.5 Å². The summed E-state index contributed by atoms with van der Waals surface area (Å²) in [5.41, 5.74) is 1.63. The van der Waals surface area contributed by atoms with E-state index in [1.54, 1.807) is 22.8 Å². The number of amides is 2. The molecule has 2 aromatic carbocycles. The Labute approximate surface area is 185 Å². The van der Waals surface area contributed by atoms with Crippen LogP contribution >= 0.6 is 0 Å². The van der Waals surface area contributed by atoms with Crippen LogP contribution < -0.4 is 0 Å². The van der Waals surface area contributed by atoms with Gasteiger partial charge in [0.05, 0.1) is 6.54 Å². The van der Waals surface area contributed by atoms with E-state index < -0.39 is 5.60 Å². The molecular weight excluding hydrogens is 411 g/mol. The van der Waals surface area contributed by atoms with Crippen LogP contribution in [0.2, 0.25) is 0 Å². The Morgan fingerprint density at radius 1 is 1.12 bits per heavy atom. The molecule has 1 atom stereocenters. The summed E-state index contributed by atoms with van der Waals surface area (Å²) in [6, 6.07) is 14.1. The van der Waals surface area contributed by atoms with E-state index in [4.69, 9.17) is 9.15 Å². The van der Waals surface area contributed by atoms with Gasteiger partial charge < -0.3 is 14.1 Å². The highest BCUT2D eigenvalue weighted by Gasteiger charge is 2.46. The molecule has 1 spiro atoms. The molecule has 2 aliphatic rings. The van der Waals surface area contributed by atoms with Crippen LogP contribution in [-0.2, 0) is 11.3 Å². The van der Waals surface area contributed by atoms with Gasteiger partial charge >= 0.3 is 6.09 Å². The Balaban J connectivity index is 1.30. The second-order valence-electron chi connectivity index (χ2n) is 8.74. The predicted molar refractivity (Wildman–Crippen MR) is 117 cm³/mol. The van der Waals surface area contributed by atoms with E-state index in [0.29, 0.717) is 55.6 Å². The van der Waals surface area contributed by atoms with Crippen LogP contribution in [0.5, 0.6) is 0 Å². The second-order valence-corrected chi connectivity index (χ2v) is 8.74. The number of carbonyl (C=O) groups excluding carboxylic acids is 2. The van der Waals surface area contributed by atoms with Gasteiger partial charge in [-0.2, -0.15) is 0 Å². The quantitative estimate of drug-likeness (QED) is 0.586. The molecule has 166 valence electrons. The van der Waals surface area contributed by atoms with Crippen molar-refractivity contribution in [2.75, 3.05) is 19.6 Å². The third-order valence-corrected chi connectivity index (χ3v) is 6.53. The molecule has 0 saturated carbocycles. The lowest BCUT2D eigenvalue weighted by molar-refractivity contribution is 0.0436. The molecule has 0 radical (unpaired) electrons. The molecule has 6 nitrogen and oxygen atoms in total. The lowest BCUT2D eigenvalue weighted by Gasteiger charge is -2.25. The van der Waals surface area contributed by atoms with Crippen molar-refractivity contribution in [1.29, 1.82) is 0 Å². The number of likely N-dealkylation sites (tertiary alicyclic amines) is 1. The van der Waals surface area contributed by atoms with Crippen molar-refractivity contribution in [2.45, 2.75) is 38.3 Å². The van der Waals surface area contributed by atoms with E-state index in [1.165, 1.54) is 12.1 Å². The largest absolute Gasteiger partial charge is 0.451 e. The fraction of sp³-hybridized carbons (Fsp3) is 0.360. The maximum Gasteiger partial charge on any atom is 0.410 e. The third kappa shape index (κ3) is 3.72. The maximum absolute atomic E-state index is 13.6. The van der Waals surface area contributed by atoms with E-state index >= 15 is 0 Å². The highest BCUT2D eigenvalue weighted by Crippen LogP contribution is 2.35. The van der Waals surface area contributed by atoms with E-state index in [1.807, 2.05) is 30.3 Å². The first-order valence-corrected chi connectivity index (χ1v) is 10.9. The smallest absolute Gasteiger partial charge is 0.410 e. The summed E-state index contributed by atoms with van der Waals surface area (Å²) in [6.07, 6.45) is 1.71. The molecule has 2 aliphatic heterocycles. The molecule has 3 heterocycles. The van der Waals surface area contributed by atoms with E-state index in [0.717, 1.165) is 12.0 Å². The standard InChI is InChI=1S/C25H25FN2O4/c1-17-20-14-19(26)8-9-21(20)31-22(17)23(29)27-12-5-10-25(11-13-27)16-28(24(30)32-25)15-18-6-3-2-4-7-18/h2-4,6-9,14H,5,10-13,15-16H2,1H3/t25-/m1/s1. The number of furan rings is 1. The molecule has 2 amide bonds. The van der Waals surface area contributed by atoms with Crippen LogP contribution in [0.25, 0.3) is 11.0 Å². The molecule has 7 heteroatoms. The lowest BCUT2D eigenvalue weighted by atomic mass is 9.95. The van der Waals surface area contributed by atoms with E-state index in [-0.39, 0.29) is 23.6 Å². The molecule has 32 heavy (non-hydrogen) atoms. The Morgan fingerprint density at radius 2 is 1.94 bits per heavy atom. The van der Waals surface area contributed by atoms with Gasteiger partial charge in [-0.1, -0.05) is 30.3 Å². The lowest BCUT2D eigenvalue weighted by Crippen LogP contribution is -2.37. The average molecular weight is 436 g/mol. The van der Waals surface area contributed by atoms with Gasteiger partial charge in [-0.25, -0.2) is 9.18 Å². The van der Waals surface area contributed by atoms with Gasteiger partial charge in [-0.3, -0.25) is 9.69 Å². The Hall–Kier alpha value is -3.35. The number of halogens is 1. The fourth-order valence-electron chi connectivity index (χ4n) is 4.79. The number of hydrogen-bond donors (Lipinski definition) is 0. The molecule has 0 unspecified atom stereocenters. The van der Waals surface area contributed by atoms with Crippen molar-refractivity contribution < 1.29 is 23.1 Å². The van der Waals surface area contributed by atoms with Gasteiger partial charge in [0.2, 0.25) is 0 Å². The van der Waals surface area contributed by atoms with Crippen molar-refractivity contribution in [3.63, 3.8) is 0 Å². The van der Waals surface area contributed by atoms with Crippen molar-refractivity contribution in [2.24, 2.45) is 0 Å². The van der Waals surface area contributed by atoms with Crippen LogP contribution in [0.3, 0.4) is 0 Å². The van der Waals surface area contributed by atoms with Crippen LogP contribution in [0.1, 0.15) is 40.9 Å². The molecule has 3 aromatic rings. The van der Waals surface area contributed by atoms with Gasteiger partial charge in [-0.15, -0.1) is 0 Å². The summed E-state index contributed by atoms with van der Waals surface area (Å²) in [4.78, 5) is 29.3. The van der Waals surface area contributed by atoms with Crippen molar-refractivity contribution in [3.05, 3.63) is 71.2 Å². The summed E-state index contributed by atoms with van der Waals surface area (Å²) in [5, 5.41) is 0.612. The van der Waals surface area contributed by atoms with Crippen LogP contribution in [-0.4, -0.2) is 47.0 Å². The molecule has 2 fully saturated rings. The molecule has 5 rings (SSSR count). The zero-order valence-corrected chi connectivity index (χ0v) is 18.0. The SMILES string of the molecule is Cc1c(C(=O)N2CCC[C@@]3(CC2)CN(Cc2ccccc2)C(=O)O3)oc2ccc(F)cc12. The number of rotatable bonds is 3. The minimum absolute atomic E-state index is 0.207. The minimum atomic E-state index is -0.576. The second kappa shape index (κ2) is 7.97. The number of benzene rings is 2. The minimum Gasteiger partial charge on any atom is -0.451 e. The monoisotopic (exact) mass is 436 g/mol. The summed E-state index contributed by atoms with van der Waals surface area (Å²) < 4.78 is 25.3. The highest BCUT2D eigenvalue weighted by atomic mass is 19.1. The normalized spacial score (nSPS) is 21.2. The number of carbonyl (C=O) groups is 2. The van der Waals surface area contributed by atoms with E-state index in [9.17, 15) is 14.0 Å². The Morgan fingerprint density at radius 3 is 2.75 bits per heavy atom.